The minimum Gasteiger partial charge on any atom is -0.356 e. The van der Waals surface area contributed by atoms with E-state index < -0.39 is 36.1 Å². The van der Waals surface area contributed by atoms with E-state index in [1.165, 1.54) is 4.90 Å². The first-order valence-corrected chi connectivity index (χ1v) is 10.1. The van der Waals surface area contributed by atoms with E-state index in [9.17, 15) is 28.6 Å². The van der Waals surface area contributed by atoms with E-state index in [0.717, 1.165) is 17.7 Å². The molecule has 2 N–H and O–H groups in total. The van der Waals surface area contributed by atoms with Crippen molar-refractivity contribution in [1.29, 1.82) is 0 Å². The number of sulfonamides is 1. The van der Waals surface area contributed by atoms with Crippen LogP contribution in [0.5, 0.6) is 0 Å². The Morgan fingerprint density at radius 2 is 1.57 bits per heavy atom. The fourth-order valence-electron chi connectivity index (χ4n) is 2.67. The number of nitro benzene ring substituents is 2. The summed E-state index contributed by atoms with van der Waals surface area (Å²) >= 11 is 5.74. The van der Waals surface area contributed by atoms with Gasteiger partial charge >= 0.3 is 11.4 Å². The van der Waals surface area contributed by atoms with Crippen LogP contribution in [0.25, 0.3) is 0 Å². The quantitative estimate of drug-likeness (QED) is 0.366. The summed E-state index contributed by atoms with van der Waals surface area (Å²) in [4.78, 5) is 22.2. The maximum atomic E-state index is 11.6. The Kier molecular flexibility index (Phi) is 6.89. The molecular weight excluding hydrogens is 412 g/mol. The van der Waals surface area contributed by atoms with E-state index in [0.29, 0.717) is 6.42 Å². The molecule has 0 aromatic heterocycles. The van der Waals surface area contributed by atoms with E-state index in [1.54, 1.807) is 30.3 Å². The zero-order valence-corrected chi connectivity index (χ0v) is 16.1. The molecule has 0 unspecified atom stereocenters. The largest absolute Gasteiger partial charge is 0.356 e. The van der Waals surface area contributed by atoms with Gasteiger partial charge in [0, 0.05) is 31.1 Å². The molecule has 10 nitrogen and oxygen atoms in total. The normalized spacial score (nSPS) is 11.2. The highest BCUT2D eigenvalue weighted by Crippen LogP contribution is 2.40. The second-order valence-corrected chi connectivity index (χ2v) is 7.76. The minimum absolute atomic E-state index is 0.133. The Bertz CT molecular complexity index is 949. The van der Waals surface area contributed by atoms with Gasteiger partial charge in [-0.3, -0.25) is 20.2 Å². The lowest BCUT2D eigenvalue weighted by Gasteiger charge is -2.24. The molecule has 2 aromatic rings. The minimum atomic E-state index is -4.38. The van der Waals surface area contributed by atoms with Crippen LogP contribution in [0.1, 0.15) is 12.0 Å². The first-order chi connectivity index (χ1) is 13.1. The lowest BCUT2D eigenvalue weighted by atomic mass is 10.1. The number of benzene rings is 2. The lowest BCUT2D eigenvalue weighted by Crippen LogP contribution is -2.26. The second kappa shape index (κ2) is 8.95. The smallest absolute Gasteiger partial charge is 0.301 e. The molecule has 0 aliphatic heterocycles. The first-order valence-electron chi connectivity index (χ1n) is 7.99. The number of nitrogens with zero attached hydrogens (tertiary/aromatic N) is 3. The van der Waals surface area contributed by atoms with Crippen LogP contribution in [-0.2, 0) is 16.6 Å². The lowest BCUT2D eigenvalue weighted by molar-refractivity contribution is -0.393. The molecule has 0 amide bonds. The van der Waals surface area contributed by atoms with Gasteiger partial charge in [-0.2, -0.15) is 0 Å². The van der Waals surface area contributed by atoms with Crippen molar-refractivity contribution in [1.82, 2.24) is 0 Å². The number of halogens is 1. The maximum Gasteiger partial charge on any atom is 0.301 e. The van der Waals surface area contributed by atoms with Gasteiger partial charge < -0.3 is 4.90 Å². The van der Waals surface area contributed by atoms with Gasteiger partial charge in [-0.05, 0) is 12.0 Å². The predicted molar refractivity (Wildman–Crippen MR) is 104 cm³/mol. The first kappa shape index (κ1) is 21.5. The molecule has 0 atom stereocenters. The maximum absolute atomic E-state index is 11.6. The van der Waals surface area contributed by atoms with Crippen LogP contribution >= 0.6 is 11.6 Å². The summed E-state index contributed by atoms with van der Waals surface area (Å²) in [5.74, 6) is 0.238. The third-order valence-corrected chi connectivity index (χ3v) is 5.02. The van der Waals surface area contributed by atoms with Crippen LogP contribution in [0.4, 0.5) is 17.1 Å². The van der Waals surface area contributed by atoms with E-state index >= 15 is 0 Å². The summed E-state index contributed by atoms with van der Waals surface area (Å²) in [6, 6.07) is 10.3. The molecule has 0 fully saturated rings. The fourth-order valence-corrected chi connectivity index (χ4v) is 3.34. The number of rotatable bonds is 9. The Labute approximate surface area is 165 Å². The van der Waals surface area contributed by atoms with Gasteiger partial charge in [-0.15, -0.1) is 11.6 Å². The number of alkyl halides is 1. The van der Waals surface area contributed by atoms with Crippen molar-refractivity contribution in [2.75, 3.05) is 17.3 Å². The molecule has 0 aliphatic rings. The second-order valence-electron chi connectivity index (χ2n) is 5.82. The van der Waals surface area contributed by atoms with Gasteiger partial charge in [0.15, 0.2) is 5.69 Å². The number of hydrogen-bond donors (Lipinski definition) is 1. The van der Waals surface area contributed by atoms with Crippen molar-refractivity contribution >= 4 is 38.7 Å². The summed E-state index contributed by atoms with van der Waals surface area (Å²) < 4.78 is 23.3. The monoisotopic (exact) mass is 428 g/mol. The molecule has 2 aromatic carbocycles. The number of nitrogens with two attached hydrogens (primary N) is 1. The zero-order chi connectivity index (χ0) is 20.9. The van der Waals surface area contributed by atoms with Crippen molar-refractivity contribution in [3.05, 3.63) is 68.3 Å². The highest BCUT2D eigenvalue weighted by atomic mass is 35.5. The van der Waals surface area contributed by atoms with E-state index in [-0.39, 0.29) is 24.7 Å². The van der Waals surface area contributed by atoms with Crippen LogP contribution in [0, 0.1) is 20.2 Å². The highest BCUT2D eigenvalue weighted by Gasteiger charge is 2.33. The summed E-state index contributed by atoms with van der Waals surface area (Å²) in [5.41, 5.74) is -0.972. The van der Waals surface area contributed by atoms with Gasteiger partial charge in [0.05, 0.1) is 14.7 Å². The summed E-state index contributed by atoms with van der Waals surface area (Å²) in [6.07, 6.45) is 0.402. The SMILES string of the molecule is NS(=O)(=O)c1cc([N+](=O)[O-])c(N(CCCCl)Cc2ccccc2)c([N+](=O)[O-])c1. The highest BCUT2D eigenvalue weighted by molar-refractivity contribution is 7.89. The van der Waals surface area contributed by atoms with Crippen molar-refractivity contribution < 1.29 is 18.3 Å². The Morgan fingerprint density at radius 1 is 1.04 bits per heavy atom. The van der Waals surface area contributed by atoms with E-state index in [4.69, 9.17) is 16.7 Å². The van der Waals surface area contributed by atoms with Crippen molar-refractivity contribution in [2.24, 2.45) is 5.14 Å². The topological polar surface area (TPSA) is 150 Å². The average molecular weight is 429 g/mol. The van der Waals surface area contributed by atoms with Crippen LogP contribution in [0.3, 0.4) is 0 Å². The number of nitro groups is 2. The van der Waals surface area contributed by atoms with Crippen LogP contribution in [0.15, 0.2) is 47.4 Å². The molecule has 0 aliphatic carbocycles. The molecular formula is C16H17ClN4O6S. The van der Waals surface area contributed by atoms with Crippen LogP contribution in [-0.4, -0.2) is 30.7 Å². The number of primary sulfonamides is 1. The van der Waals surface area contributed by atoms with Gasteiger partial charge in [0.2, 0.25) is 10.0 Å². The summed E-state index contributed by atoms with van der Waals surface area (Å²) in [5, 5.41) is 28.2. The number of anilines is 1. The molecule has 0 radical (unpaired) electrons. The van der Waals surface area contributed by atoms with Crippen LogP contribution < -0.4 is 10.0 Å². The molecule has 0 heterocycles. The molecule has 2 rings (SSSR count). The number of hydrogen-bond acceptors (Lipinski definition) is 7. The van der Waals surface area contributed by atoms with Crippen molar-refractivity contribution in [3.8, 4) is 0 Å². The summed E-state index contributed by atoms with van der Waals surface area (Å²) in [6.45, 7) is 0.322. The molecule has 150 valence electrons. The Balaban J connectivity index is 2.71. The van der Waals surface area contributed by atoms with Gasteiger partial charge in [0.1, 0.15) is 0 Å². The predicted octanol–water partition coefficient (Wildman–Crippen LogP) is 2.79. The average Bonchev–Trinajstić information content (AvgIpc) is 2.64. The third kappa shape index (κ3) is 5.15. The van der Waals surface area contributed by atoms with E-state index in [1.807, 2.05) is 0 Å². The molecule has 28 heavy (non-hydrogen) atoms. The molecule has 12 heteroatoms. The van der Waals surface area contributed by atoms with E-state index in [2.05, 4.69) is 0 Å². The van der Waals surface area contributed by atoms with Gasteiger partial charge in [-0.25, -0.2) is 13.6 Å². The Hall–Kier alpha value is -2.76. The van der Waals surface area contributed by atoms with Crippen molar-refractivity contribution in [3.63, 3.8) is 0 Å². The Morgan fingerprint density at radius 3 is 2.00 bits per heavy atom. The van der Waals surface area contributed by atoms with Gasteiger partial charge in [-0.1, -0.05) is 30.3 Å². The molecule has 0 saturated heterocycles. The van der Waals surface area contributed by atoms with Crippen LogP contribution in [0.2, 0.25) is 0 Å². The molecule has 0 bridgehead atoms. The standard InChI is InChI=1S/C16H17ClN4O6S/c17-7-4-8-19(11-12-5-2-1-3-6-12)16-14(20(22)23)9-13(28(18,26)27)10-15(16)21(24)25/h1-3,5-6,9-10H,4,7-8,11H2,(H2,18,26,27). The third-order valence-electron chi connectivity index (χ3n) is 3.86. The molecule has 0 spiro atoms. The fraction of sp³-hybridized carbons (Fsp3) is 0.250. The van der Waals surface area contributed by atoms with Crippen molar-refractivity contribution in [2.45, 2.75) is 17.9 Å². The summed E-state index contributed by atoms with van der Waals surface area (Å²) in [7, 11) is -4.38. The zero-order valence-electron chi connectivity index (χ0n) is 14.5. The molecule has 0 saturated carbocycles. The van der Waals surface area contributed by atoms with Gasteiger partial charge in [0.25, 0.3) is 0 Å².